The molecule has 1 rings (SSSR count). The minimum atomic E-state index is 0.183. The zero-order valence-electron chi connectivity index (χ0n) is 10.1. The molecule has 1 unspecified atom stereocenters. The standard InChI is InChI=1S/C12H21N3O/c1-3-6-10(13)9-14-11-7-5-8-12(15-11)16-4-2/h5,7-8,10H,3-4,6,9,13H2,1-2H3,(H,14,15). The van der Waals surface area contributed by atoms with E-state index in [1.807, 2.05) is 25.1 Å². The summed E-state index contributed by atoms with van der Waals surface area (Å²) in [6, 6.07) is 5.87. The van der Waals surface area contributed by atoms with Crippen molar-refractivity contribution >= 4 is 5.82 Å². The maximum absolute atomic E-state index is 5.91. The Kier molecular flexibility index (Phi) is 5.64. The molecule has 0 amide bonds. The van der Waals surface area contributed by atoms with Gasteiger partial charge in [-0.25, -0.2) is 0 Å². The molecule has 0 saturated heterocycles. The Hall–Kier alpha value is -1.29. The number of nitrogens with two attached hydrogens (primary N) is 1. The average Bonchev–Trinajstić information content (AvgIpc) is 2.28. The highest BCUT2D eigenvalue weighted by Gasteiger charge is 2.02. The Morgan fingerprint density at radius 3 is 2.94 bits per heavy atom. The molecule has 0 aliphatic heterocycles. The van der Waals surface area contributed by atoms with Gasteiger partial charge in [-0.2, -0.15) is 4.98 Å². The minimum Gasteiger partial charge on any atom is -0.478 e. The molecule has 1 aromatic rings. The third kappa shape index (κ3) is 4.49. The number of ether oxygens (including phenoxy) is 1. The third-order valence-electron chi connectivity index (χ3n) is 2.22. The molecular formula is C12H21N3O. The van der Waals surface area contributed by atoms with Crippen LogP contribution >= 0.6 is 0 Å². The van der Waals surface area contributed by atoms with Gasteiger partial charge in [0.15, 0.2) is 0 Å². The minimum absolute atomic E-state index is 0.183. The molecule has 0 aliphatic rings. The monoisotopic (exact) mass is 223 g/mol. The van der Waals surface area contributed by atoms with Crippen LogP contribution in [0.1, 0.15) is 26.7 Å². The average molecular weight is 223 g/mol. The first-order valence-corrected chi connectivity index (χ1v) is 5.85. The Morgan fingerprint density at radius 2 is 2.25 bits per heavy atom. The van der Waals surface area contributed by atoms with E-state index in [0.29, 0.717) is 12.5 Å². The van der Waals surface area contributed by atoms with Gasteiger partial charge >= 0.3 is 0 Å². The summed E-state index contributed by atoms with van der Waals surface area (Å²) in [7, 11) is 0. The molecule has 90 valence electrons. The van der Waals surface area contributed by atoms with E-state index in [2.05, 4.69) is 17.2 Å². The third-order valence-corrected chi connectivity index (χ3v) is 2.22. The van der Waals surface area contributed by atoms with Crippen LogP contribution in [0.5, 0.6) is 5.88 Å². The number of hydrogen-bond donors (Lipinski definition) is 2. The van der Waals surface area contributed by atoms with E-state index in [9.17, 15) is 0 Å². The fraction of sp³-hybridized carbons (Fsp3) is 0.583. The number of aromatic nitrogens is 1. The first-order chi connectivity index (χ1) is 7.76. The summed E-state index contributed by atoms with van der Waals surface area (Å²) in [5.41, 5.74) is 5.91. The summed E-state index contributed by atoms with van der Waals surface area (Å²) in [4.78, 5) is 4.31. The van der Waals surface area contributed by atoms with Crippen molar-refractivity contribution in [3.05, 3.63) is 18.2 Å². The van der Waals surface area contributed by atoms with Gasteiger partial charge in [0.25, 0.3) is 0 Å². The van der Waals surface area contributed by atoms with E-state index in [1.54, 1.807) is 0 Å². The van der Waals surface area contributed by atoms with Gasteiger partial charge in [-0.15, -0.1) is 0 Å². The number of anilines is 1. The van der Waals surface area contributed by atoms with Crippen LogP contribution in [-0.4, -0.2) is 24.2 Å². The predicted octanol–water partition coefficient (Wildman–Crippen LogP) is 2.02. The van der Waals surface area contributed by atoms with Crippen molar-refractivity contribution in [1.82, 2.24) is 4.98 Å². The van der Waals surface area contributed by atoms with E-state index in [-0.39, 0.29) is 6.04 Å². The van der Waals surface area contributed by atoms with Crippen molar-refractivity contribution in [1.29, 1.82) is 0 Å². The van der Waals surface area contributed by atoms with Gasteiger partial charge in [0.1, 0.15) is 5.82 Å². The summed E-state index contributed by atoms with van der Waals surface area (Å²) in [5, 5.41) is 3.21. The van der Waals surface area contributed by atoms with Gasteiger partial charge in [-0.1, -0.05) is 19.4 Å². The van der Waals surface area contributed by atoms with Gasteiger partial charge in [-0.3, -0.25) is 0 Å². The molecule has 0 saturated carbocycles. The number of pyridine rings is 1. The largest absolute Gasteiger partial charge is 0.478 e. The lowest BCUT2D eigenvalue weighted by Crippen LogP contribution is -2.28. The van der Waals surface area contributed by atoms with Crippen LogP contribution < -0.4 is 15.8 Å². The van der Waals surface area contributed by atoms with Gasteiger partial charge < -0.3 is 15.8 Å². The zero-order chi connectivity index (χ0) is 11.8. The van der Waals surface area contributed by atoms with Crippen molar-refractivity contribution in [3.8, 4) is 5.88 Å². The van der Waals surface area contributed by atoms with Crippen LogP contribution in [0.15, 0.2) is 18.2 Å². The van der Waals surface area contributed by atoms with Gasteiger partial charge in [0.2, 0.25) is 5.88 Å². The lowest BCUT2D eigenvalue weighted by atomic mass is 10.2. The molecule has 4 nitrogen and oxygen atoms in total. The normalized spacial score (nSPS) is 12.2. The topological polar surface area (TPSA) is 60.2 Å². The van der Waals surface area contributed by atoms with Gasteiger partial charge in [-0.05, 0) is 19.4 Å². The second-order valence-electron chi connectivity index (χ2n) is 3.72. The SMILES string of the molecule is CCCC(N)CNc1cccc(OCC)n1. The first-order valence-electron chi connectivity index (χ1n) is 5.85. The Bertz CT molecular complexity index is 304. The molecule has 0 spiro atoms. The summed E-state index contributed by atoms with van der Waals surface area (Å²) in [6.07, 6.45) is 2.13. The smallest absolute Gasteiger partial charge is 0.215 e. The zero-order valence-corrected chi connectivity index (χ0v) is 10.1. The highest BCUT2D eigenvalue weighted by molar-refractivity contribution is 5.37. The number of rotatable bonds is 7. The van der Waals surface area contributed by atoms with Crippen molar-refractivity contribution in [2.45, 2.75) is 32.7 Å². The van der Waals surface area contributed by atoms with Crippen LogP contribution in [0.2, 0.25) is 0 Å². The lowest BCUT2D eigenvalue weighted by Gasteiger charge is -2.12. The molecule has 4 heteroatoms. The second kappa shape index (κ2) is 7.06. The summed E-state index contributed by atoms with van der Waals surface area (Å²) < 4.78 is 5.32. The predicted molar refractivity (Wildman–Crippen MR) is 66.8 cm³/mol. The van der Waals surface area contributed by atoms with Crippen LogP contribution in [0, 0.1) is 0 Å². The maximum atomic E-state index is 5.91. The molecule has 3 N–H and O–H groups in total. The Morgan fingerprint density at radius 1 is 1.44 bits per heavy atom. The van der Waals surface area contributed by atoms with Gasteiger partial charge in [0, 0.05) is 18.7 Å². The molecule has 0 fully saturated rings. The molecule has 0 aliphatic carbocycles. The molecule has 0 radical (unpaired) electrons. The van der Waals surface area contributed by atoms with Crippen LogP contribution in [0.25, 0.3) is 0 Å². The molecule has 1 heterocycles. The summed E-state index contributed by atoms with van der Waals surface area (Å²) in [6.45, 7) is 5.45. The van der Waals surface area contributed by atoms with Crippen molar-refractivity contribution < 1.29 is 4.74 Å². The fourth-order valence-corrected chi connectivity index (χ4v) is 1.45. The van der Waals surface area contributed by atoms with E-state index in [1.165, 1.54) is 0 Å². The molecule has 0 aromatic carbocycles. The van der Waals surface area contributed by atoms with E-state index < -0.39 is 0 Å². The first kappa shape index (κ1) is 12.8. The number of nitrogens with zero attached hydrogens (tertiary/aromatic N) is 1. The van der Waals surface area contributed by atoms with E-state index in [0.717, 1.165) is 25.2 Å². The van der Waals surface area contributed by atoms with Gasteiger partial charge in [0.05, 0.1) is 6.61 Å². The van der Waals surface area contributed by atoms with Crippen molar-refractivity contribution in [3.63, 3.8) is 0 Å². The highest BCUT2D eigenvalue weighted by atomic mass is 16.5. The molecular weight excluding hydrogens is 202 g/mol. The van der Waals surface area contributed by atoms with E-state index in [4.69, 9.17) is 10.5 Å². The molecule has 16 heavy (non-hydrogen) atoms. The Labute approximate surface area is 97.2 Å². The number of hydrogen-bond acceptors (Lipinski definition) is 4. The van der Waals surface area contributed by atoms with Crippen molar-refractivity contribution in [2.75, 3.05) is 18.5 Å². The maximum Gasteiger partial charge on any atom is 0.215 e. The van der Waals surface area contributed by atoms with Crippen LogP contribution in [-0.2, 0) is 0 Å². The second-order valence-corrected chi connectivity index (χ2v) is 3.72. The van der Waals surface area contributed by atoms with Crippen LogP contribution in [0.4, 0.5) is 5.82 Å². The Balaban J connectivity index is 2.44. The molecule has 1 atom stereocenters. The molecule has 1 aromatic heterocycles. The summed E-state index contributed by atoms with van der Waals surface area (Å²) >= 11 is 0. The summed E-state index contributed by atoms with van der Waals surface area (Å²) in [5.74, 6) is 1.47. The molecule has 0 bridgehead atoms. The quantitative estimate of drug-likeness (QED) is 0.742. The van der Waals surface area contributed by atoms with Crippen LogP contribution in [0.3, 0.4) is 0 Å². The van der Waals surface area contributed by atoms with Crippen molar-refractivity contribution in [2.24, 2.45) is 5.73 Å². The lowest BCUT2D eigenvalue weighted by molar-refractivity contribution is 0.327. The number of nitrogens with one attached hydrogen (secondary N) is 1. The van der Waals surface area contributed by atoms with E-state index >= 15 is 0 Å². The fourth-order valence-electron chi connectivity index (χ4n) is 1.45. The highest BCUT2D eigenvalue weighted by Crippen LogP contribution is 2.11.